The van der Waals surface area contributed by atoms with E-state index < -0.39 is 6.10 Å². The van der Waals surface area contributed by atoms with Gasteiger partial charge in [-0.25, -0.2) is 0 Å². The Bertz CT molecular complexity index is 697. The summed E-state index contributed by atoms with van der Waals surface area (Å²) in [5, 5.41) is 11.7. The maximum absolute atomic E-state index is 12.6. The lowest BCUT2D eigenvalue weighted by Crippen LogP contribution is -2.52. The lowest BCUT2D eigenvalue weighted by Gasteiger charge is -2.36. The third kappa shape index (κ3) is 5.36. The summed E-state index contributed by atoms with van der Waals surface area (Å²) >= 11 is 0. The van der Waals surface area contributed by atoms with E-state index in [2.05, 4.69) is 5.32 Å². The van der Waals surface area contributed by atoms with Crippen LogP contribution in [0.15, 0.2) is 24.3 Å². The zero-order chi connectivity index (χ0) is 19.8. The first-order valence-corrected chi connectivity index (χ1v) is 9.42. The molecule has 0 fully saturated rings. The second-order valence-electron chi connectivity index (χ2n) is 6.70. The van der Waals surface area contributed by atoms with Crippen molar-refractivity contribution in [2.75, 3.05) is 31.6 Å². The summed E-state index contributed by atoms with van der Waals surface area (Å²) in [5.41, 5.74) is 0.797. The van der Waals surface area contributed by atoms with Crippen molar-refractivity contribution in [2.24, 2.45) is 0 Å². The molecule has 0 spiro atoms. The first-order valence-electron chi connectivity index (χ1n) is 9.42. The summed E-state index contributed by atoms with van der Waals surface area (Å²) in [6.45, 7) is 4.90. The zero-order valence-corrected chi connectivity index (χ0v) is 16.3. The van der Waals surface area contributed by atoms with Gasteiger partial charge in [0, 0.05) is 19.6 Å². The van der Waals surface area contributed by atoms with Crippen molar-refractivity contribution in [3.63, 3.8) is 0 Å². The summed E-state index contributed by atoms with van der Waals surface area (Å²) in [5.74, 6) is 0.343. The Morgan fingerprint density at radius 2 is 2.07 bits per heavy atom. The van der Waals surface area contributed by atoms with Crippen LogP contribution < -0.4 is 15.0 Å². The number of fused-ring (bicyclic) bond motifs is 1. The number of hydrogen-bond donors (Lipinski definition) is 1. The number of rotatable bonds is 8. The van der Waals surface area contributed by atoms with Crippen LogP contribution in [0.4, 0.5) is 5.69 Å². The van der Waals surface area contributed by atoms with Crippen LogP contribution in [0.5, 0.6) is 5.75 Å². The van der Waals surface area contributed by atoms with Crippen LogP contribution >= 0.6 is 0 Å². The highest BCUT2D eigenvalue weighted by atomic mass is 16.5. The molecule has 1 aliphatic rings. The molecule has 7 nitrogen and oxygen atoms in total. The molecule has 2 rings (SSSR count). The highest BCUT2D eigenvalue weighted by Gasteiger charge is 2.32. The van der Waals surface area contributed by atoms with Crippen LogP contribution in [0.2, 0.25) is 0 Å². The molecule has 0 aromatic heterocycles. The maximum Gasteiger partial charge on any atom is 0.263 e. The third-order valence-electron chi connectivity index (χ3n) is 4.80. The van der Waals surface area contributed by atoms with Crippen molar-refractivity contribution >= 4 is 17.5 Å². The van der Waals surface area contributed by atoms with Gasteiger partial charge in [-0.05, 0) is 25.0 Å². The van der Waals surface area contributed by atoms with Gasteiger partial charge in [-0.3, -0.25) is 9.59 Å². The molecule has 0 unspecified atom stereocenters. The van der Waals surface area contributed by atoms with Crippen molar-refractivity contribution in [1.82, 2.24) is 10.2 Å². The van der Waals surface area contributed by atoms with Crippen molar-refractivity contribution in [1.29, 1.82) is 5.26 Å². The fourth-order valence-electron chi connectivity index (χ4n) is 3.01. The van der Waals surface area contributed by atoms with Crippen LogP contribution in [0.3, 0.4) is 0 Å². The predicted octanol–water partition coefficient (Wildman–Crippen LogP) is 1.93. The standard InChI is InChI=1S/C20H28N4O3/c1-4-15(5-2)22-20(26)18-13-24(14-19(25)23(3)12-8-11-21)16-9-6-7-10-17(16)27-18/h6-7,9-10,15,18H,4-5,8,12-14H2,1-3H3,(H,22,26)/t18-/m1/s1. The average Bonchev–Trinajstić information content (AvgIpc) is 2.69. The number of hydrogen-bond acceptors (Lipinski definition) is 5. The number of carbonyl (C=O) groups excluding carboxylic acids is 2. The molecule has 0 bridgehead atoms. The van der Waals surface area contributed by atoms with Crippen molar-refractivity contribution < 1.29 is 14.3 Å². The Morgan fingerprint density at radius 3 is 2.74 bits per heavy atom. The molecular formula is C20H28N4O3. The Balaban J connectivity index is 2.12. The molecular weight excluding hydrogens is 344 g/mol. The monoisotopic (exact) mass is 372 g/mol. The molecule has 0 radical (unpaired) electrons. The first kappa shape index (κ1) is 20.6. The summed E-state index contributed by atoms with van der Waals surface area (Å²) in [4.78, 5) is 28.6. The topological polar surface area (TPSA) is 85.7 Å². The van der Waals surface area contributed by atoms with E-state index in [0.29, 0.717) is 25.3 Å². The minimum Gasteiger partial charge on any atom is -0.477 e. The van der Waals surface area contributed by atoms with E-state index in [9.17, 15) is 9.59 Å². The van der Waals surface area contributed by atoms with Crippen molar-refractivity contribution in [3.05, 3.63) is 24.3 Å². The number of anilines is 1. The van der Waals surface area contributed by atoms with E-state index in [4.69, 9.17) is 10.00 Å². The molecule has 1 aliphatic heterocycles. The summed E-state index contributed by atoms with van der Waals surface area (Å²) in [7, 11) is 1.68. The molecule has 0 aliphatic carbocycles. The number of nitrogens with one attached hydrogen (secondary N) is 1. The van der Waals surface area contributed by atoms with Crippen LogP contribution in [0.25, 0.3) is 0 Å². The lowest BCUT2D eigenvalue weighted by atomic mass is 10.1. The van der Waals surface area contributed by atoms with Crippen LogP contribution in [0, 0.1) is 11.3 Å². The Morgan fingerprint density at radius 1 is 1.37 bits per heavy atom. The number of nitriles is 1. The number of carbonyl (C=O) groups is 2. The minimum absolute atomic E-state index is 0.0962. The molecule has 0 saturated heterocycles. The molecule has 27 heavy (non-hydrogen) atoms. The largest absolute Gasteiger partial charge is 0.477 e. The van der Waals surface area contributed by atoms with E-state index >= 15 is 0 Å². The van der Waals surface area contributed by atoms with Gasteiger partial charge in [0.05, 0.1) is 31.3 Å². The molecule has 2 amide bonds. The van der Waals surface area contributed by atoms with Gasteiger partial charge in [-0.2, -0.15) is 5.26 Å². The van der Waals surface area contributed by atoms with E-state index in [-0.39, 0.29) is 24.4 Å². The first-order chi connectivity index (χ1) is 13.0. The number of likely N-dealkylation sites (N-methyl/N-ethyl adjacent to an activating group) is 1. The number of amides is 2. The highest BCUT2D eigenvalue weighted by molar-refractivity contribution is 5.86. The van der Waals surface area contributed by atoms with Crippen LogP contribution in [-0.2, 0) is 9.59 Å². The lowest BCUT2D eigenvalue weighted by molar-refractivity contribution is -0.130. The van der Waals surface area contributed by atoms with Gasteiger partial charge in [-0.1, -0.05) is 26.0 Å². The van der Waals surface area contributed by atoms with Crippen molar-refractivity contribution in [3.8, 4) is 11.8 Å². The summed E-state index contributed by atoms with van der Waals surface area (Å²) < 4.78 is 5.90. The minimum atomic E-state index is -0.669. The molecule has 1 aromatic carbocycles. The average molecular weight is 372 g/mol. The molecule has 1 aromatic rings. The van der Waals surface area contributed by atoms with E-state index in [1.165, 1.54) is 0 Å². The van der Waals surface area contributed by atoms with E-state index in [1.54, 1.807) is 11.9 Å². The number of benzene rings is 1. The predicted molar refractivity (Wildman–Crippen MR) is 103 cm³/mol. The van der Waals surface area contributed by atoms with Crippen LogP contribution in [-0.4, -0.2) is 55.5 Å². The molecule has 7 heteroatoms. The Kier molecular flexibility index (Phi) is 7.47. The summed E-state index contributed by atoms with van der Waals surface area (Å²) in [6.07, 6.45) is 1.34. The van der Waals surface area contributed by atoms with Gasteiger partial charge in [0.15, 0.2) is 6.10 Å². The van der Waals surface area contributed by atoms with Gasteiger partial charge in [-0.15, -0.1) is 0 Å². The van der Waals surface area contributed by atoms with Gasteiger partial charge in [0.1, 0.15) is 5.75 Å². The third-order valence-corrected chi connectivity index (χ3v) is 4.80. The smallest absolute Gasteiger partial charge is 0.263 e. The zero-order valence-electron chi connectivity index (χ0n) is 16.3. The fraction of sp³-hybridized carbons (Fsp3) is 0.550. The van der Waals surface area contributed by atoms with Gasteiger partial charge in [0.2, 0.25) is 5.91 Å². The van der Waals surface area contributed by atoms with Gasteiger partial charge in [0.25, 0.3) is 5.91 Å². The van der Waals surface area contributed by atoms with Crippen molar-refractivity contribution in [2.45, 2.75) is 45.3 Å². The molecule has 1 atom stereocenters. The highest BCUT2D eigenvalue weighted by Crippen LogP contribution is 2.33. The maximum atomic E-state index is 12.6. The van der Waals surface area contributed by atoms with E-state index in [0.717, 1.165) is 18.5 Å². The van der Waals surface area contributed by atoms with Crippen LogP contribution in [0.1, 0.15) is 33.1 Å². The fourth-order valence-corrected chi connectivity index (χ4v) is 3.01. The SMILES string of the molecule is CCC(CC)NC(=O)[C@H]1CN(CC(=O)N(C)CCC#N)c2ccccc2O1. The quantitative estimate of drug-likeness (QED) is 0.754. The Labute approximate surface area is 160 Å². The molecule has 0 saturated carbocycles. The normalized spacial score (nSPS) is 15.5. The van der Waals surface area contributed by atoms with Gasteiger partial charge >= 0.3 is 0 Å². The summed E-state index contributed by atoms with van der Waals surface area (Å²) in [6, 6.07) is 9.57. The number of ether oxygens (including phenoxy) is 1. The number of nitrogens with zero attached hydrogens (tertiary/aromatic N) is 3. The van der Waals surface area contributed by atoms with Gasteiger partial charge < -0.3 is 19.9 Å². The molecule has 1 heterocycles. The van der Waals surface area contributed by atoms with E-state index in [1.807, 2.05) is 49.1 Å². The second kappa shape index (κ2) is 9.81. The molecule has 146 valence electrons. The Hall–Kier alpha value is -2.75. The number of para-hydroxylation sites is 2. The molecule has 1 N–H and O–H groups in total. The second-order valence-corrected chi connectivity index (χ2v) is 6.70.